The standard InChI is InChI=1S/C28H18O/c1-2-6-19(7-3-1)10-11-20-12-15-27-26(16-20)24-14-13-23-17-21-8-4-5-9-22(21)18-25(23)28(24)29-27/h1-18H/b11-10+. The number of rotatable bonds is 2. The Balaban J connectivity index is 1.54. The molecular weight excluding hydrogens is 352 g/mol. The molecule has 0 saturated heterocycles. The minimum atomic E-state index is 0.928. The Hall–Kier alpha value is -3.84. The van der Waals surface area contributed by atoms with Gasteiger partial charge in [0.05, 0.1) is 0 Å². The first-order valence-corrected chi connectivity index (χ1v) is 9.86. The van der Waals surface area contributed by atoms with E-state index in [-0.39, 0.29) is 0 Å². The van der Waals surface area contributed by atoms with Crippen LogP contribution in [0.2, 0.25) is 0 Å². The second-order valence-electron chi connectivity index (χ2n) is 7.46. The smallest absolute Gasteiger partial charge is 0.143 e. The summed E-state index contributed by atoms with van der Waals surface area (Å²) in [4.78, 5) is 0. The second kappa shape index (κ2) is 6.35. The van der Waals surface area contributed by atoms with Crippen LogP contribution in [-0.2, 0) is 0 Å². The van der Waals surface area contributed by atoms with Gasteiger partial charge in [0.15, 0.2) is 0 Å². The molecule has 136 valence electrons. The maximum atomic E-state index is 6.31. The van der Waals surface area contributed by atoms with Crippen molar-refractivity contribution in [3.8, 4) is 0 Å². The third kappa shape index (κ3) is 2.71. The van der Waals surface area contributed by atoms with Crippen molar-refractivity contribution < 1.29 is 4.42 Å². The average molecular weight is 370 g/mol. The lowest BCUT2D eigenvalue weighted by Crippen LogP contribution is -1.77. The molecule has 0 unspecified atom stereocenters. The molecule has 6 aromatic rings. The van der Waals surface area contributed by atoms with Crippen LogP contribution in [0.5, 0.6) is 0 Å². The summed E-state index contributed by atoms with van der Waals surface area (Å²) in [6.45, 7) is 0. The van der Waals surface area contributed by atoms with Crippen LogP contribution < -0.4 is 0 Å². The van der Waals surface area contributed by atoms with Gasteiger partial charge in [0.2, 0.25) is 0 Å². The van der Waals surface area contributed by atoms with Gasteiger partial charge in [-0.1, -0.05) is 78.9 Å². The van der Waals surface area contributed by atoms with E-state index in [0.717, 1.165) is 21.9 Å². The Bertz CT molecular complexity index is 1530. The average Bonchev–Trinajstić information content (AvgIpc) is 3.15. The van der Waals surface area contributed by atoms with E-state index in [1.54, 1.807) is 0 Å². The van der Waals surface area contributed by atoms with Gasteiger partial charge >= 0.3 is 0 Å². The van der Waals surface area contributed by atoms with Gasteiger partial charge in [0.25, 0.3) is 0 Å². The summed E-state index contributed by atoms with van der Waals surface area (Å²) in [7, 11) is 0. The number of hydrogen-bond donors (Lipinski definition) is 0. The largest absolute Gasteiger partial charge is 0.455 e. The van der Waals surface area contributed by atoms with Gasteiger partial charge in [-0.15, -0.1) is 0 Å². The molecule has 0 radical (unpaired) electrons. The van der Waals surface area contributed by atoms with E-state index in [1.807, 2.05) is 6.07 Å². The van der Waals surface area contributed by atoms with Gasteiger partial charge in [0, 0.05) is 16.2 Å². The van der Waals surface area contributed by atoms with Crippen molar-refractivity contribution in [3.63, 3.8) is 0 Å². The van der Waals surface area contributed by atoms with E-state index >= 15 is 0 Å². The number of hydrogen-bond acceptors (Lipinski definition) is 1. The number of furan rings is 1. The van der Waals surface area contributed by atoms with Crippen LogP contribution in [0.1, 0.15) is 11.1 Å². The summed E-state index contributed by atoms with van der Waals surface area (Å²) in [5, 5.41) is 7.18. The van der Waals surface area contributed by atoms with Crippen molar-refractivity contribution in [2.45, 2.75) is 0 Å². The number of benzene rings is 5. The first kappa shape index (κ1) is 16.1. The summed E-state index contributed by atoms with van der Waals surface area (Å²) in [5.41, 5.74) is 4.26. The predicted molar refractivity (Wildman–Crippen MR) is 124 cm³/mol. The molecule has 0 aliphatic carbocycles. The van der Waals surface area contributed by atoms with Gasteiger partial charge in [-0.3, -0.25) is 0 Å². The minimum Gasteiger partial charge on any atom is -0.455 e. The zero-order valence-corrected chi connectivity index (χ0v) is 15.8. The van der Waals surface area contributed by atoms with Crippen molar-refractivity contribution in [2.24, 2.45) is 0 Å². The lowest BCUT2D eigenvalue weighted by molar-refractivity contribution is 0.672. The maximum absolute atomic E-state index is 6.31. The Labute approximate surface area is 168 Å². The molecular formula is C28H18O. The topological polar surface area (TPSA) is 13.1 Å². The number of fused-ring (bicyclic) bond motifs is 6. The van der Waals surface area contributed by atoms with Crippen LogP contribution >= 0.6 is 0 Å². The molecule has 1 aromatic heterocycles. The quantitative estimate of drug-likeness (QED) is 0.222. The summed E-state index contributed by atoms with van der Waals surface area (Å²) in [6.07, 6.45) is 4.30. The molecule has 0 amide bonds. The van der Waals surface area contributed by atoms with Crippen LogP contribution in [0.4, 0.5) is 0 Å². The Kier molecular flexibility index (Phi) is 3.54. The highest BCUT2D eigenvalue weighted by atomic mass is 16.3. The van der Waals surface area contributed by atoms with E-state index in [1.165, 1.54) is 32.7 Å². The fourth-order valence-electron chi connectivity index (χ4n) is 4.13. The molecule has 1 heterocycles. The maximum Gasteiger partial charge on any atom is 0.143 e. The molecule has 1 nitrogen and oxygen atoms in total. The third-order valence-corrected chi connectivity index (χ3v) is 5.61. The summed E-state index contributed by atoms with van der Waals surface area (Å²) in [5.74, 6) is 0. The molecule has 0 bridgehead atoms. The summed E-state index contributed by atoms with van der Waals surface area (Å²) in [6, 6.07) is 34.1. The normalized spacial score (nSPS) is 12.0. The Morgan fingerprint density at radius 3 is 2.10 bits per heavy atom. The summed E-state index contributed by atoms with van der Waals surface area (Å²) >= 11 is 0. The van der Waals surface area contributed by atoms with Gasteiger partial charge in [-0.05, 0) is 57.6 Å². The highest BCUT2D eigenvalue weighted by molar-refractivity contribution is 6.17. The minimum absolute atomic E-state index is 0.928. The SMILES string of the molecule is C(=C\c1ccc2oc3c4cc5ccccc5cc4ccc3c2c1)/c1ccccc1. The molecule has 0 spiro atoms. The van der Waals surface area contributed by atoms with Crippen LogP contribution in [0, 0.1) is 0 Å². The first-order valence-electron chi connectivity index (χ1n) is 9.86. The van der Waals surface area contributed by atoms with Crippen LogP contribution in [0.15, 0.2) is 101 Å². The Morgan fingerprint density at radius 1 is 0.483 bits per heavy atom. The molecule has 0 fully saturated rings. The van der Waals surface area contributed by atoms with Gasteiger partial charge in [-0.2, -0.15) is 0 Å². The van der Waals surface area contributed by atoms with Crippen LogP contribution in [0.25, 0.3) is 55.6 Å². The fourth-order valence-corrected chi connectivity index (χ4v) is 4.13. The van der Waals surface area contributed by atoms with E-state index in [0.29, 0.717) is 0 Å². The molecule has 5 aromatic carbocycles. The zero-order valence-electron chi connectivity index (χ0n) is 15.8. The fraction of sp³-hybridized carbons (Fsp3) is 0. The van der Waals surface area contributed by atoms with Crippen LogP contribution in [-0.4, -0.2) is 0 Å². The Morgan fingerprint density at radius 2 is 1.24 bits per heavy atom. The monoisotopic (exact) mass is 370 g/mol. The molecule has 0 N–H and O–H groups in total. The van der Waals surface area contributed by atoms with Gasteiger partial charge in [-0.25, -0.2) is 0 Å². The zero-order chi connectivity index (χ0) is 19.2. The van der Waals surface area contributed by atoms with Gasteiger partial charge < -0.3 is 4.42 Å². The predicted octanol–water partition coefficient (Wildman–Crippen LogP) is 8.06. The first-order chi connectivity index (χ1) is 14.3. The van der Waals surface area contributed by atoms with Crippen LogP contribution in [0.3, 0.4) is 0 Å². The van der Waals surface area contributed by atoms with Crippen molar-refractivity contribution in [1.29, 1.82) is 0 Å². The molecule has 0 aliphatic heterocycles. The highest BCUT2D eigenvalue weighted by Crippen LogP contribution is 2.36. The van der Waals surface area contributed by atoms with Crippen molar-refractivity contribution in [3.05, 3.63) is 108 Å². The summed E-state index contributed by atoms with van der Waals surface area (Å²) < 4.78 is 6.31. The van der Waals surface area contributed by atoms with E-state index in [9.17, 15) is 0 Å². The van der Waals surface area contributed by atoms with E-state index in [4.69, 9.17) is 4.42 Å². The molecule has 29 heavy (non-hydrogen) atoms. The molecule has 0 saturated carbocycles. The lowest BCUT2D eigenvalue weighted by Gasteiger charge is -2.02. The highest BCUT2D eigenvalue weighted by Gasteiger charge is 2.11. The van der Waals surface area contributed by atoms with E-state index < -0.39 is 0 Å². The molecule has 0 aliphatic rings. The molecule has 0 atom stereocenters. The van der Waals surface area contributed by atoms with Crippen molar-refractivity contribution in [2.75, 3.05) is 0 Å². The van der Waals surface area contributed by atoms with Gasteiger partial charge in [0.1, 0.15) is 11.2 Å². The molecule has 6 rings (SSSR count). The third-order valence-electron chi connectivity index (χ3n) is 5.61. The van der Waals surface area contributed by atoms with Crippen molar-refractivity contribution >= 4 is 55.6 Å². The van der Waals surface area contributed by atoms with Crippen molar-refractivity contribution in [1.82, 2.24) is 0 Å². The second-order valence-corrected chi connectivity index (χ2v) is 7.46. The lowest BCUT2D eigenvalue weighted by atomic mass is 10.0. The molecule has 1 heteroatoms. The van der Waals surface area contributed by atoms with E-state index in [2.05, 4.69) is 103 Å².